The lowest BCUT2D eigenvalue weighted by atomic mass is 9.92. The molecule has 0 unspecified atom stereocenters. The van der Waals surface area contributed by atoms with Crippen molar-refractivity contribution in [3.8, 4) is 5.75 Å². The molecule has 0 fully saturated rings. The first-order valence-corrected chi connectivity index (χ1v) is 10.5. The van der Waals surface area contributed by atoms with Gasteiger partial charge in [-0.25, -0.2) is 9.59 Å². The van der Waals surface area contributed by atoms with E-state index in [-0.39, 0.29) is 19.1 Å². The third-order valence-corrected chi connectivity index (χ3v) is 4.92. The van der Waals surface area contributed by atoms with Gasteiger partial charge in [-0.05, 0) is 44.0 Å². The second kappa shape index (κ2) is 8.90. The number of esters is 2. The number of hydrogen-bond donors (Lipinski definition) is 1. The summed E-state index contributed by atoms with van der Waals surface area (Å²) in [7, 11) is 0. The van der Waals surface area contributed by atoms with E-state index >= 15 is 0 Å². The fourth-order valence-corrected chi connectivity index (χ4v) is 3.55. The minimum absolute atomic E-state index is 0.143. The number of aromatic nitrogens is 1. The Kier molecular flexibility index (Phi) is 6.00. The third-order valence-electron chi connectivity index (χ3n) is 4.92. The summed E-state index contributed by atoms with van der Waals surface area (Å²) in [4.78, 5) is 41.9. The molecular formula is C25H24N2O6. The molecule has 0 saturated heterocycles. The van der Waals surface area contributed by atoms with E-state index in [1.807, 2.05) is 30.3 Å². The second-order valence-electron chi connectivity index (χ2n) is 8.64. The van der Waals surface area contributed by atoms with Crippen LogP contribution < -0.4 is 10.1 Å². The van der Waals surface area contributed by atoms with Gasteiger partial charge in [0.05, 0.1) is 11.1 Å². The zero-order chi connectivity index (χ0) is 23.6. The fraction of sp³-hybridized carbons (Fsp3) is 0.280. The summed E-state index contributed by atoms with van der Waals surface area (Å²) in [5.74, 6) is -1.19. The van der Waals surface area contributed by atoms with Gasteiger partial charge in [0.2, 0.25) is 0 Å². The number of carbonyl (C=O) groups excluding carboxylic acids is 3. The normalized spacial score (nSPS) is 15.0. The quantitative estimate of drug-likeness (QED) is 0.576. The van der Waals surface area contributed by atoms with E-state index in [9.17, 15) is 14.4 Å². The van der Waals surface area contributed by atoms with Gasteiger partial charge in [0.15, 0.2) is 12.6 Å². The molecular weight excluding hydrogens is 424 g/mol. The van der Waals surface area contributed by atoms with E-state index in [0.29, 0.717) is 27.8 Å². The molecule has 0 spiro atoms. The molecule has 1 aliphatic heterocycles. The molecule has 0 radical (unpaired) electrons. The molecule has 33 heavy (non-hydrogen) atoms. The van der Waals surface area contributed by atoms with E-state index in [4.69, 9.17) is 14.2 Å². The summed E-state index contributed by atoms with van der Waals surface area (Å²) in [6.45, 7) is 5.08. The molecule has 2 heterocycles. The Bertz CT molecular complexity index is 1220. The summed E-state index contributed by atoms with van der Waals surface area (Å²) in [6.07, 6.45) is 1.51. The minimum Gasteiger partial charge on any atom is -0.482 e. The zero-order valence-electron chi connectivity index (χ0n) is 18.6. The van der Waals surface area contributed by atoms with Gasteiger partial charge in [0.25, 0.3) is 5.91 Å². The summed E-state index contributed by atoms with van der Waals surface area (Å²) < 4.78 is 16.4. The summed E-state index contributed by atoms with van der Waals surface area (Å²) in [6, 6.07) is 13.1. The highest BCUT2D eigenvalue weighted by Gasteiger charge is 2.35. The molecule has 3 aromatic rings. The fourth-order valence-electron chi connectivity index (χ4n) is 3.55. The van der Waals surface area contributed by atoms with Crippen LogP contribution in [-0.2, 0) is 25.7 Å². The van der Waals surface area contributed by atoms with E-state index in [1.54, 1.807) is 39.0 Å². The molecule has 8 heteroatoms. The third kappa shape index (κ3) is 5.11. The van der Waals surface area contributed by atoms with Crippen LogP contribution >= 0.6 is 0 Å². The molecule has 1 aromatic heterocycles. The molecule has 0 bridgehead atoms. The number of amides is 1. The smallest absolute Gasteiger partial charge is 0.344 e. The zero-order valence-corrected chi connectivity index (χ0v) is 18.6. The Morgan fingerprint density at radius 1 is 1.09 bits per heavy atom. The largest absolute Gasteiger partial charge is 0.482 e. The lowest BCUT2D eigenvalue weighted by Crippen LogP contribution is -2.40. The highest BCUT2D eigenvalue weighted by molar-refractivity contribution is 6.12. The Hall–Kier alpha value is -3.94. The van der Waals surface area contributed by atoms with Crippen molar-refractivity contribution >= 4 is 28.7 Å². The lowest BCUT2D eigenvalue weighted by molar-refractivity contribution is -0.157. The minimum atomic E-state index is -1.02. The lowest BCUT2D eigenvalue weighted by Gasteiger charge is -2.28. The van der Waals surface area contributed by atoms with Crippen LogP contribution in [0.2, 0.25) is 0 Å². The molecule has 0 saturated carbocycles. The maximum absolute atomic E-state index is 12.8. The van der Waals surface area contributed by atoms with Crippen molar-refractivity contribution in [2.45, 2.75) is 39.0 Å². The monoisotopic (exact) mass is 448 g/mol. The maximum Gasteiger partial charge on any atom is 0.344 e. The van der Waals surface area contributed by atoms with Crippen LogP contribution in [0.3, 0.4) is 0 Å². The summed E-state index contributed by atoms with van der Waals surface area (Å²) in [5, 5.41) is 3.25. The van der Waals surface area contributed by atoms with Crippen LogP contribution in [0.15, 0.2) is 54.7 Å². The first-order chi connectivity index (χ1) is 15.7. The van der Waals surface area contributed by atoms with Crippen LogP contribution in [0.4, 0.5) is 0 Å². The molecule has 1 N–H and O–H groups in total. The van der Waals surface area contributed by atoms with E-state index < -0.39 is 23.6 Å². The number of benzene rings is 2. The van der Waals surface area contributed by atoms with Gasteiger partial charge in [-0.15, -0.1) is 0 Å². The number of ether oxygens (including phenoxy) is 3. The average Bonchev–Trinajstić information content (AvgIpc) is 2.78. The molecule has 4 rings (SSSR count). The molecule has 0 aliphatic carbocycles. The molecule has 170 valence electrons. The topological polar surface area (TPSA) is 104 Å². The number of rotatable bonds is 6. The summed E-state index contributed by atoms with van der Waals surface area (Å²) >= 11 is 0. The summed E-state index contributed by atoms with van der Waals surface area (Å²) in [5.41, 5.74) is 1.52. The van der Waals surface area contributed by atoms with Crippen molar-refractivity contribution in [1.82, 2.24) is 10.3 Å². The van der Waals surface area contributed by atoms with Crippen LogP contribution in [-0.4, -0.2) is 35.0 Å². The van der Waals surface area contributed by atoms with Crippen molar-refractivity contribution in [2.24, 2.45) is 0 Å². The van der Waals surface area contributed by atoms with Crippen molar-refractivity contribution in [3.05, 3.63) is 71.4 Å². The van der Waals surface area contributed by atoms with Crippen LogP contribution in [0.1, 0.15) is 48.3 Å². The van der Waals surface area contributed by atoms with Gasteiger partial charge < -0.3 is 19.5 Å². The molecule has 8 nitrogen and oxygen atoms in total. The SMILES string of the molecule is CC(C)(C)OC(=O)[C@H]1NC(=O)c2ccnc3cc(OCC(=O)OCc4ccccc4)cc1c23. The molecule has 1 amide bonds. The van der Waals surface area contributed by atoms with Gasteiger partial charge >= 0.3 is 11.9 Å². The number of pyridine rings is 1. The van der Waals surface area contributed by atoms with Crippen LogP contribution in [0.25, 0.3) is 10.9 Å². The number of hydrogen-bond acceptors (Lipinski definition) is 7. The number of carbonyl (C=O) groups is 3. The van der Waals surface area contributed by atoms with Crippen molar-refractivity contribution in [1.29, 1.82) is 0 Å². The van der Waals surface area contributed by atoms with Crippen LogP contribution in [0.5, 0.6) is 5.75 Å². The van der Waals surface area contributed by atoms with Crippen molar-refractivity contribution in [2.75, 3.05) is 6.61 Å². The predicted octanol–water partition coefficient (Wildman–Crippen LogP) is 3.48. The van der Waals surface area contributed by atoms with Gasteiger partial charge in [-0.1, -0.05) is 30.3 Å². The van der Waals surface area contributed by atoms with Gasteiger partial charge in [0, 0.05) is 17.6 Å². The average molecular weight is 448 g/mol. The Balaban J connectivity index is 1.56. The maximum atomic E-state index is 12.8. The van der Waals surface area contributed by atoms with E-state index in [1.165, 1.54) is 6.20 Å². The second-order valence-corrected chi connectivity index (χ2v) is 8.64. The molecule has 1 atom stereocenters. The highest BCUT2D eigenvalue weighted by Crippen LogP contribution is 2.35. The predicted molar refractivity (Wildman–Crippen MR) is 120 cm³/mol. The Morgan fingerprint density at radius 2 is 1.85 bits per heavy atom. The van der Waals surface area contributed by atoms with E-state index in [2.05, 4.69) is 10.3 Å². The number of nitrogens with zero attached hydrogens (tertiary/aromatic N) is 1. The standard InChI is InChI=1S/C25H24N2O6/c1-25(2,3)33-24(30)22-18-11-16(12-19-21(18)17(9-10-26-19)23(29)27-22)31-14-20(28)32-13-15-7-5-4-6-8-15/h4-12,22H,13-14H2,1-3H3,(H,27,29)/t22-/m0/s1. The first kappa shape index (κ1) is 22.3. The van der Waals surface area contributed by atoms with Gasteiger partial charge in [0.1, 0.15) is 18.0 Å². The Labute approximate surface area is 190 Å². The van der Waals surface area contributed by atoms with Gasteiger partial charge in [-0.2, -0.15) is 0 Å². The first-order valence-electron chi connectivity index (χ1n) is 10.5. The van der Waals surface area contributed by atoms with Crippen molar-refractivity contribution < 1.29 is 28.6 Å². The van der Waals surface area contributed by atoms with Crippen LogP contribution in [0, 0.1) is 0 Å². The van der Waals surface area contributed by atoms with Gasteiger partial charge in [-0.3, -0.25) is 9.78 Å². The highest BCUT2D eigenvalue weighted by atomic mass is 16.6. The number of nitrogens with one attached hydrogen (secondary N) is 1. The molecule has 1 aliphatic rings. The Morgan fingerprint density at radius 3 is 2.58 bits per heavy atom. The van der Waals surface area contributed by atoms with Crippen molar-refractivity contribution in [3.63, 3.8) is 0 Å². The van der Waals surface area contributed by atoms with E-state index in [0.717, 1.165) is 5.56 Å². The molecule has 2 aromatic carbocycles.